The van der Waals surface area contributed by atoms with Crippen molar-refractivity contribution in [2.45, 2.75) is 25.3 Å². The first-order valence-corrected chi connectivity index (χ1v) is 5.44. The average Bonchev–Trinajstić information content (AvgIpc) is 2.15. The van der Waals surface area contributed by atoms with E-state index in [-0.39, 0.29) is 5.91 Å². The molecule has 0 saturated heterocycles. The van der Waals surface area contributed by atoms with Crippen LogP contribution in [0.5, 0.6) is 0 Å². The van der Waals surface area contributed by atoms with Crippen LogP contribution in [0.3, 0.4) is 0 Å². The van der Waals surface area contributed by atoms with Crippen molar-refractivity contribution in [3.8, 4) is 0 Å². The molecule has 0 bridgehead atoms. The Morgan fingerprint density at radius 3 is 2.87 bits per heavy atom. The molecule has 0 radical (unpaired) electrons. The number of hydrogen-bond acceptors (Lipinski definition) is 2. The summed E-state index contributed by atoms with van der Waals surface area (Å²) in [6.45, 7) is 0. The summed E-state index contributed by atoms with van der Waals surface area (Å²) in [4.78, 5) is 17.7. The molecule has 1 aromatic heterocycles. The molecule has 80 valence electrons. The number of pyridine rings is 1. The van der Waals surface area contributed by atoms with Crippen LogP contribution >= 0.6 is 11.6 Å². The van der Waals surface area contributed by atoms with E-state index in [1.807, 2.05) is 7.05 Å². The quantitative estimate of drug-likeness (QED) is 0.773. The van der Waals surface area contributed by atoms with Gasteiger partial charge < -0.3 is 4.90 Å². The van der Waals surface area contributed by atoms with E-state index in [0.29, 0.717) is 16.6 Å². The van der Waals surface area contributed by atoms with Crippen molar-refractivity contribution in [2.24, 2.45) is 0 Å². The normalized spacial score (nSPS) is 15.9. The van der Waals surface area contributed by atoms with Crippen LogP contribution in [0.2, 0.25) is 5.02 Å². The summed E-state index contributed by atoms with van der Waals surface area (Å²) in [7, 11) is 1.83. The molecule has 0 unspecified atom stereocenters. The highest BCUT2D eigenvalue weighted by Gasteiger charge is 2.27. The van der Waals surface area contributed by atoms with E-state index in [4.69, 9.17) is 11.6 Å². The molecule has 1 heterocycles. The van der Waals surface area contributed by atoms with Crippen LogP contribution in [0.25, 0.3) is 0 Å². The summed E-state index contributed by atoms with van der Waals surface area (Å²) in [6.07, 6.45) is 6.52. The van der Waals surface area contributed by atoms with Crippen molar-refractivity contribution < 1.29 is 4.79 Å². The minimum atomic E-state index is -0.0298. The van der Waals surface area contributed by atoms with Gasteiger partial charge in [-0.05, 0) is 25.3 Å². The Labute approximate surface area is 94.1 Å². The van der Waals surface area contributed by atoms with E-state index < -0.39 is 0 Å². The molecule has 1 fully saturated rings. The van der Waals surface area contributed by atoms with E-state index in [0.717, 1.165) is 12.8 Å². The van der Waals surface area contributed by atoms with Gasteiger partial charge in [0, 0.05) is 25.5 Å². The smallest absolute Gasteiger partial charge is 0.256 e. The van der Waals surface area contributed by atoms with Gasteiger partial charge in [0.2, 0.25) is 0 Å². The number of halogens is 1. The van der Waals surface area contributed by atoms with Crippen molar-refractivity contribution in [1.29, 1.82) is 0 Å². The molecule has 0 aromatic carbocycles. The number of aromatic nitrogens is 1. The Balaban J connectivity index is 2.16. The number of amides is 1. The Morgan fingerprint density at radius 2 is 2.33 bits per heavy atom. The molecule has 1 aliphatic carbocycles. The first-order valence-electron chi connectivity index (χ1n) is 5.07. The largest absolute Gasteiger partial charge is 0.339 e. The lowest BCUT2D eigenvalue weighted by Gasteiger charge is -2.34. The van der Waals surface area contributed by atoms with Crippen LogP contribution in [0.1, 0.15) is 29.6 Å². The van der Waals surface area contributed by atoms with Crippen LogP contribution in [-0.2, 0) is 0 Å². The van der Waals surface area contributed by atoms with Crippen LogP contribution in [0, 0.1) is 0 Å². The summed E-state index contributed by atoms with van der Waals surface area (Å²) in [6, 6.07) is 2.03. The molecular formula is C11H13ClN2O. The Hall–Kier alpha value is -1.09. The van der Waals surface area contributed by atoms with E-state index in [1.54, 1.807) is 17.2 Å². The molecule has 1 saturated carbocycles. The van der Waals surface area contributed by atoms with Gasteiger partial charge in [-0.3, -0.25) is 9.78 Å². The van der Waals surface area contributed by atoms with Crippen molar-refractivity contribution >= 4 is 17.5 Å². The molecule has 0 spiro atoms. The third-order valence-corrected chi connectivity index (χ3v) is 3.27. The van der Waals surface area contributed by atoms with Gasteiger partial charge in [-0.1, -0.05) is 11.6 Å². The van der Waals surface area contributed by atoms with Crippen molar-refractivity contribution in [1.82, 2.24) is 9.88 Å². The minimum Gasteiger partial charge on any atom is -0.339 e. The van der Waals surface area contributed by atoms with E-state index in [2.05, 4.69) is 4.98 Å². The van der Waals surface area contributed by atoms with Crippen molar-refractivity contribution in [3.63, 3.8) is 0 Å². The molecule has 0 aliphatic heterocycles. The fraction of sp³-hybridized carbons (Fsp3) is 0.455. The molecular weight excluding hydrogens is 212 g/mol. The zero-order chi connectivity index (χ0) is 10.8. The lowest BCUT2D eigenvalue weighted by atomic mass is 9.91. The highest BCUT2D eigenvalue weighted by atomic mass is 35.5. The second kappa shape index (κ2) is 4.19. The fourth-order valence-corrected chi connectivity index (χ4v) is 1.85. The maximum Gasteiger partial charge on any atom is 0.256 e. The second-order valence-corrected chi connectivity index (χ2v) is 4.26. The molecule has 1 amide bonds. The van der Waals surface area contributed by atoms with Gasteiger partial charge >= 0.3 is 0 Å². The molecule has 4 heteroatoms. The molecule has 0 N–H and O–H groups in total. The zero-order valence-corrected chi connectivity index (χ0v) is 9.37. The Kier molecular flexibility index (Phi) is 2.91. The minimum absolute atomic E-state index is 0.0298. The summed E-state index contributed by atoms with van der Waals surface area (Å²) in [5.41, 5.74) is 0.494. The van der Waals surface area contributed by atoms with Gasteiger partial charge in [0.15, 0.2) is 0 Å². The van der Waals surface area contributed by atoms with Gasteiger partial charge in [0.25, 0.3) is 5.91 Å². The van der Waals surface area contributed by atoms with Crippen LogP contribution in [0.15, 0.2) is 18.5 Å². The molecule has 2 rings (SSSR count). The van der Waals surface area contributed by atoms with Gasteiger partial charge in [-0.25, -0.2) is 0 Å². The number of nitrogens with zero attached hydrogens (tertiary/aromatic N) is 2. The van der Waals surface area contributed by atoms with Gasteiger partial charge in [-0.15, -0.1) is 0 Å². The molecule has 15 heavy (non-hydrogen) atoms. The highest BCUT2D eigenvalue weighted by molar-refractivity contribution is 6.33. The Morgan fingerprint density at radius 1 is 1.60 bits per heavy atom. The lowest BCUT2D eigenvalue weighted by Crippen LogP contribution is -2.41. The van der Waals surface area contributed by atoms with Gasteiger partial charge in [0.05, 0.1) is 10.6 Å². The molecule has 0 atom stereocenters. The maximum atomic E-state index is 12.0. The zero-order valence-electron chi connectivity index (χ0n) is 8.61. The lowest BCUT2D eigenvalue weighted by molar-refractivity contribution is 0.0652. The average molecular weight is 225 g/mol. The fourth-order valence-electron chi connectivity index (χ4n) is 1.66. The number of carbonyl (C=O) groups is 1. The number of rotatable bonds is 2. The first kappa shape index (κ1) is 10.4. The number of carbonyl (C=O) groups excluding carboxylic acids is 1. The topological polar surface area (TPSA) is 33.2 Å². The van der Waals surface area contributed by atoms with Crippen LogP contribution in [-0.4, -0.2) is 28.9 Å². The standard InChI is InChI=1S/C11H13ClN2O/c1-14(8-3-2-4-8)11(15)9-7-13-6-5-10(9)12/h5-8H,2-4H2,1H3. The second-order valence-electron chi connectivity index (χ2n) is 3.86. The predicted molar refractivity (Wildman–Crippen MR) is 59.0 cm³/mol. The van der Waals surface area contributed by atoms with E-state index in [1.165, 1.54) is 12.6 Å². The van der Waals surface area contributed by atoms with Crippen LogP contribution in [0.4, 0.5) is 0 Å². The van der Waals surface area contributed by atoms with E-state index in [9.17, 15) is 4.79 Å². The SMILES string of the molecule is CN(C(=O)c1cnccc1Cl)C1CCC1. The molecule has 1 aromatic rings. The third kappa shape index (κ3) is 1.97. The van der Waals surface area contributed by atoms with Gasteiger partial charge in [0.1, 0.15) is 0 Å². The van der Waals surface area contributed by atoms with E-state index >= 15 is 0 Å². The monoisotopic (exact) mass is 224 g/mol. The third-order valence-electron chi connectivity index (χ3n) is 2.94. The molecule has 1 aliphatic rings. The van der Waals surface area contributed by atoms with Gasteiger partial charge in [-0.2, -0.15) is 0 Å². The summed E-state index contributed by atoms with van der Waals surface area (Å²) >= 11 is 5.94. The van der Waals surface area contributed by atoms with Crippen molar-refractivity contribution in [2.75, 3.05) is 7.05 Å². The predicted octanol–water partition coefficient (Wildman–Crippen LogP) is 2.36. The summed E-state index contributed by atoms with van der Waals surface area (Å²) in [5.74, 6) is -0.0298. The number of hydrogen-bond donors (Lipinski definition) is 0. The Bertz CT molecular complexity index is 377. The first-order chi connectivity index (χ1) is 7.20. The summed E-state index contributed by atoms with van der Waals surface area (Å²) in [5, 5.41) is 0.473. The van der Waals surface area contributed by atoms with Crippen LogP contribution < -0.4 is 0 Å². The van der Waals surface area contributed by atoms with Crippen molar-refractivity contribution in [3.05, 3.63) is 29.0 Å². The summed E-state index contributed by atoms with van der Waals surface area (Å²) < 4.78 is 0. The molecule has 3 nitrogen and oxygen atoms in total. The highest BCUT2D eigenvalue weighted by Crippen LogP contribution is 2.26. The maximum absolute atomic E-state index is 12.0.